The smallest absolute Gasteiger partial charge is 0.306 e. The summed E-state index contributed by atoms with van der Waals surface area (Å²) in [4.78, 5) is 24.2. The molecular weight excluding hydrogens is 524 g/mol. The van der Waals surface area contributed by atoms with Gasteiger partial charge in [-0.2, -0.15) is 0 Å². The number of benzene rings is 1. The number of phenols is 1. The molecule has 1 N–H and O–H groups in total. The van der Waals surface area contributed by atoms with E-state index in [1.807, 2.05) is 0 Å². The van der Waals surface area contributed by atoms with Gasteiger partial charge in [0.05, 0.1) is 12.7 Å². The van der Waals surface area contributed by atoms with Crippen molar-refractivity contribution < 1.29 is 24.2 Å². The van der Waals surface area contributed by atoms with Gasteiger partial charge in [-0.15, -0.1) is 0 Å². The zero-order valence-corrected chi connectivity index (χ0v) is 26.8. The van der Waals surface area contributed by atoms with E-state index in [1.165, 1.54) is 18.3 Å². The molecule has 0 aliphatic carbocycles. The van der Waals surface area contributed by atoms with Gasteiger partial charge in [0, 0.05) is 17.5 Å². The van der Waals surface area contributed by atoms with Gasteiger partial charge in [0.15, 0.2) is 6.29 Å². The summed E-state index contributed by atoms with van der Waals surface area (Å²) in [5.74, 6) is 0.0593. The molecular formula is C37H54O5. The highest BCUT2D eigenvalue weighted by molar-refractivity contribution is 5.83. The molecule has 5 heteroatoms. The molecule has 0 saturated carbocycles. The first-order chi connectivity index (χ1) is 20.3. The summed E-state index contributed by atoms with van der Waals surface area (Å²) >= 11 is 0. The van der Waals surface area contributed by atoms with Crippen LogP contribution < -0.4 is 4.74 Å². The lowest BCUT2D eigenvalue weighted by Gasteiger charge is -2.15. The summed E-state index contributed by atoms with van der Waals surface area (Å²) in [6, 6.07) is 1.69. The Kier molecular flexibility index (Phi) is 20.3. The van der Waals surface area contributed by atoms with Crippen molar-refractivity contribution in [2.75, 3.05) is 7.11 Å². The average molecular weight is 579 g/mol. The van der Waals surface area contributed by atoms with Crippen LogP contribution in [0.3, 0.4) is 0 Å². The van der Waals surface area contributed by atoms with E-state index in [4.69, 9.17) is 9.47 Å². The van der Waals surface area contributed by atoms with Crippen molar-refractivity contribution in [1.82, 2.24) is 0 Å². The molecule has 0 aliphatic rings. The molecule has 42 heavy (non-hydrogen) atoms. The van der Waals surface area contributed by atoms with Crippen LogP contribution in [0.1, 0.15) is 126 Å². The number of carbonyl (C=O) groups is 2. The number of unbranched alkanes of at least 4 members (excludes halogenated alkanes) is 5. The number of methoxy groups -OCH3 is 1. The fourth-order valence-corrected chi connectivity index (χ4v) is 4.47. The highest BCUT2D eigenvalue weighted by Gasteiger charge is 2.18. The van der Waals surface area contributed by atoms with Crippen molar-refractivity contribution in [2.24, 2.45) is 0 Å². The molecule has 0 atom stereocenters. The molecule has 0 aliphatic heterocycles. The Morgan fingerprint density at radius 1 is 0.857 bits per heavy atom. The first kappa shape index (κ1) is 36.7. The fourth-order valence-electron chi connectivity index (χ4n) is 4.47. The van der Waals surface area contributed by atoms with Gasteiger partial charge in [0.25, 0.3) is 0 Å². The van der Waals surface area contributed by atoms with Crippen molar-refractivity contribution in [3.8, 4) is 11.5 Å². The van der Waals surface area contributed by atoms with Gasteiger partial charge in [-0.3, -0.25) is 9.59 Å². The molecule has 0 aromatic heterocycles. The summed E-state index contributed by atoms with van der Waals surface area (Å²) in [7, 11) is 1.53. The number of carbonyl (C=O) groups excluding carboxylic acids is 2. The van der Waals surface area contributed by atoms with Crippen molar-refractivity contribution in [3.05, 3.63) is 82.5 Å². The van der Waals surface area contributed by atoms with Crippen LogP contribution in [0.5, 0.6) is 11.5 Å². The van der Waals surface area contributed by atoms with Crippen LogP contribution in [0.15, 0.2) is 65.8 Å². The van der Waals surface area contributed by atoms with Crippen LogP contribution in [0.2, 0.25) is 0 Å². The zero-order valence-electron chi connectivity index (χ0n) is 26.8. The van der Waals surface area contributed by atoms with Crippen LogP contribution >= 0.6 is 0 Å². The van der Waals surface area contributed by atoms with Gasteiger partial charge < -0.3 is 14.6 Å². The third-order valence-corrected chi connectivity index (χ3v) is 6.99. The number of aromatic hydroxyl groups is 1. The Morgan fingerprint density at radius 2 is 1.52 bits per heavy atom. The van der Waals surface area contributed by atoms with E-state index >= 15 is 0 Å². The predicted molar refractivity (Wildman–Crippen MR) is 175 cm³/mol. The summed E-state index contributed by atoms with van der Waals surface area (Å²) < 4.78 is 11.0. The number of hydrogen-bond acceptors (Lipinski definition) is 5. The summed E-state index contributed by atoms with van der Waals surface area (Å²) in [6.45, 7) is 8.29. The van der Waals surface area contributed by atoms with Gasteiger partial charge in [-0.05, 0) is 84.6 Å². The molecule has 0 amide bonds. The minimum Gasteiger partial charge on any atom is -0.507 e. The number of allylic oxidation sites excluding steroid dienone is 10. The summed E-state index contributed by atoms with van der Waals surface area (Å²) in [5.41, 5.74) is 3.63. The molecule has 0 heterocycles. The van der Waals surface area contributed by atoms with Crippen LogP contribution in [0.4, 0.5) is 0 Å². The lowest BCUT2D eigenvalue weighted by Crippen LogP contribution is -2.07. The molecule has 1 rings (SSSR count). The molecule has 0 fully saturated rings. The maximum absolute atomic E-state index is 12.3. The van der Waals surface area contributed by atoms with Crippen LogP contribution in [-0.4, -0.2) is 24.5 Å². The van der Waals surface area contributed by atoms with E-state index in [2.05, 4.69) is 76.3 Å². The van der Waals surface area contributed by atoms with E-state index < -0.39 is 0 Å². The monoisotopic (exact) mass is 578 g/mol. The van der Waals surface area contributed by atoms with E-state index in [0.717, 1.165) is 70.6 Å². The Morgan fingerprint density at radius 3 is 2.19 bits per heavy atom. The average Bonchev–Trinajstić information content (AvgIpc) is 2.97. The molecule has 0 spiro atoms. The molecule has 0 unspecified atom stereocenters. The van der Waals surface area contributed by atoms with Crippen LogP contribution in [0, 0.1) is 0 Å². The van der Waals surface area contributed by atoms with E-state index in [1.54, 1.807) is 6.07 Å². The van der Waals surface area contributed by atoms with Crippen LogP contribution in [-0.2, 0) is 22.6 Å². The van der Waals surface area contributed by atoms with Gasteiger partial charge in [-0.25, -0.2) is 0 Å². The number of hydrogen-bond donors (Lipinski definition) is 1. The molecule has 1 aromatic rings. The first-order valence-corrected chi connectivity index (χ1v) is 15.6. The largest absolute Gasteiger partial charge is 0.507 e. The maximum Gasteiger partial charge on any atom is 0.306 e. The zero-order chi connectivity index (χ0) is 31.0. The van der Waals surface area contributed by atoms with Gasteiger partial charge in [-0.1, -0.05) is 85.9 Å². The second kappa shape index (κ2) is 23.2. The third-order valence-electron chi connectivity index (χ3n) is 6.99. The first-order valence-electron chi connectivity index (χ1n) is 15.6. The number of phenolic OH excluding ortho intramolecular Hbond substituents is 1. The second-order valence-electron chi connectivity index (χ2n) is 10.9. The second-order valence-corrected chi connectivity index (χ2v) is 10.9. The minimum atomic E-state index is -0.300. The Labute approximate surface area is 255 Å². The quantitative estimate of drug-likeness (QED) is 0.0641. The van der Waals surface area contributed by atoms with Gasteiger partial charge in [0.2, 0.25) is 0 Å². The Bertz CT molecular complexity index is 1080. The van der Waals surface area contributed by atoms with E-state index in [0.29, 0.717) is 36.0 Å². The molecule has 1 aromatic carbocycles. The number of aldehydes is 1. The summed E-state index contributed by atoms with van der Waals surface area (Å²) in [6.07, 6.45) is 30.1. The van der Waals surface area contributed by atoms with Crippen molar-refractivity contribution in [2.45, 2.75) is 118 Å². The molecule has 232 valence electrons. The highest BCUT2D eigenvalue weighted by Crippen LogP contribution is 2.35. The van der Waals surface area contributed by atoms with E-state index in [9.17, 15) is 14.7 Å². The summed E-state index contributed by atoms with van der Waals surface area (Å²) in [5, 5.41) is 10.9. The standard InChI is InChI=1S/C37H54O5/c1-6-7-8-9-10-11-12-13-14-15-16-17-18-19-20-24-36(39)42-29-32-27-35(41-5)33(37(40)34(32)28-38)26-25-31(4)23-21-22-30(2)3/h7-8,10-11,13-14,22,25,27-28,40H,6,9,12,15-21,23-24,26,29H2,1-5H3/b8-7-,11-10-,14-13-,31-25+. The Balaban J connectivity index is 2.43. The predicted octanol–water partition coefficient (Wildman–Crippen LogP) is 10.1. The molecule has 5 nitrogen and oxygen atoms in total. The van der Waals surface area contributed by atoms with Crippen LogP contribution in [0.25, 0.3) is 0 Å². The lowest BCUT2D eigenvalue weighted by molar-refractivity contribution is -0.145. The maximum atomic E-state index is 12.3. The highest BCUT2D eigenvalue weighted by atomic mass is 16.5. The topological polar surface area (TPSA) is 72.8 Å². The van der Waals surface area contributed by atoms with E-state index in [-0.39, 0.29) is 23.9 Å². The molecule has 0 saturated heterocycles. The molecule has 0 radical (unpaired) electrons. The Hall–Kier alpha value is -3.34. The van der Waals surface area contributed by atoms with Crippen molar-refractivity contribution in [3.63, 3.8) is 0 Å². The minimum absolute atomic E-state index is 0.0777. The van der Waals surface area contributed by atoms with Gasteiger partial charge >= 0.3 is 5.97 Å². The number of esters is 1. The lowest BCUT2D eigenvalue weighted by atomic mass is 9.98. The van der Waals surface area contributed by atoms with Gasteiger partial charge in [0.1, 0.15) is 18.1 Å². The number of ether oxygens (including phenoxy) is 2. The third kappa shape index (κ3) is 16.2. The fraction of sp³-hybridized carbons (Fsp3) is 0.514. The normalized spacial score (nSPS) is 12.0. The SMILES string of the molecule is CC/C=C\C/C=C\C/C=C\CCCCCCCC(=O)OCc1cc(OC)c(C/C=C(\C)CCC=C(C)C)c(O)c1C=O. The van der Waals surface area contributed by atoms with Crippen molar-refractivity contribution >= 4 is 12.3 Å². The van der Waals surface area contributed by atoms with Crippen molar-refractivity contribution in [1.29, 1.82) is 0 Å². The molecule has 0 bridgehead atoms. The number of rotatable bonds is 22.